The Morgan fingerprint density at radius 1 is 1.00 bits per heavy atom. The van der Waals surface area contributed by atoms with Crippen LogP contribution in [0.25, 0.3) is 0 Å². The maximum atomic E-state index is 12.1. The largest absolute Gasteiger partial charge is 0.480 e. The van der Waals surface area contributed by atoms with Crippen LogP contribution in [0.2, 0.25) is 0 Å². The first kappa shape index (κ1) is 22.3. The highest BCUT2D eigenvalue weighted by atomic mass is 16.4. The van der Waals surface area contributed by atoms with Crippen molar-refractivity contribution < 1.29 is 24.6 Å². The van der Waals surface area contributed by atoms with Gasteiger partial charge in [0.15, 0.2) is 0 Å². The van der Waals surface area contributed by atoms with Crippen molar-refractivity contribution >= 4 is 17.8 Å². The highest BCUT2D eigenvalue weighted by Crippen LogP contribution is 2.17. The molecule has 0 spiro atoms. The fourth-order valence-electron chi connectivity index (χ4n) is 1.97. The first-order valence-corrected chi connectivity index (χ1v) is 7.93. The van der Waals surface area contributed by atoms with Crippen LogP contribution in [0.1, 0.15) is 48.0 Å². The third kappa shape index (κ3) is 10.2. The van der Waals surface area contributed by atoms with Crippen LogP contribution < -0.4 is 16.0 Å². The van der Waals surface area contributed by atoms with Gasteiger partial charge in [0.2, 0.25) is 11.8 Å². The van der Waals surface area contributed by atoms with E-state index in [0.29, 0.717) is 0 Å². The SMILES string of the molecule is CC(C)(C)CC(=O)NC(CO)C(=O)NC[C@@H](NC(C)(C)C)C(=O)O. The molecule has 0 heterocycles. The number of hydrogen-bond acceptors (Lipinski definition) is 5. The lowest BCUT2D eigenvalue weighted by molar-refractivity contribution is -0.140. The molecular weight excluding hydrogens is 314 g/mol. The van der Waals surface area contributed by atoms with Gasteiger partial charge in [-0.1, -0.05) is 20.8 Å². The summed E-state index contributed by atoms with van der Waals surface area (Å²) in [4.78, 5) is 35.1. The fourth-order valence-corrected chi connectivity index (χ4v) is 1.97. The van der Waals surface area contributed by atoms with Crippen LogP contribution in [0.5, 0.6) is 0 Å². The Balaban J connectivity index is 4.64. The number of carboxylic acids is 1. The van der Waals surface area contributed by atoms with Crippen molar-refractivity contribution in [1.29, 1.82) is 0 Å². The van der Waals surface area contributed by atoms with Crippen LogP contribution in [0.3, 0.4) is 0 Å². The number of aliphatic hydroxyl groups is 1. The molecule has 0 bridgehead atoms. The quantitative estimate of drug-likeness (QED) is 0.416. The molecule has 0 aliphatic heterocycles. The van der Waals surface area contributed by atoms with Crippen molar-refractivity contribution in [2.75, 3.05) is 13.2 Å². The average Bonchev–Trinajstić information content (AvgIpc) is 2.36. The molecule has 1 unspecified atom stereocenters. The minimum absolute atomic E-state index is 0.156. The zero-order chi connectivity index (χ0) is 19.1. The summed E-state index contributed by atoms with van der Waals surface area (Å²) in [6.07, 6.45) is 0.208. The number of hydrogen-bond donors (Lipinski definition) is 5. The smallest absolute Gasteiger partial charge is 0.322 e. The second kappa shape index (κ2) is 8.98. The molecule has 0 aromatic heterocycles. The molecule has 8 heteroatoms. The summed E-state index contributed by atoms with van der Waals surface area (Å²) in [5.41, 5.74) is -0.684. The monoisotopic (exact) mass is 345 g/mol. The average molecular weight is 345 g/mol. The lowest BCUT2D eigenvalue weighted by atomic mass is 9.92. The van der Waals surface area contributed by atoms with Gasteiger partial charge in [-0.05, 0) is 26.2 Å². The third-order valence-corrected chi connectivity index (χ3v) is 2.91. The van der Waals surface area contributed by atoms with Gasteiger partial charge in [0.05, 0.1) is 6.61 Å². The first-order chi connectivity index (χ1) is 10.7. The van der Waals surface area contributed by atoms with E-state index in [1.165, 1.54) is 0 Å². The van der Waals surface area contributed by atoms with E-state index in [-0.39, 0.29) is 24.3 Å². The van der Waals surface area contributed by atoms with E-state index >= 15 is 0 Å². The second-order valence-corrected chi connectivity index (χ2v) is 8.07. The van der Waals surface area contributed by atoms with Crippen LogP contribution in [-0.4, -0.2) is 58.8 Å². The first-order valence-electron chi connectivity index (χ1n) is 7.93. The number of amides is 2. The standard InChI is InChI=1S/C16H31N3O5/c1-15(2,3)7-12(21)18-11(9-20)13(22)17-8-10(14(23)24)19-16(4,5)6/h10-11,19-20H,7-9H2,1-6H3,(H,17,22)(H,18,21)(H,23,24)/t10-,11?/m1/s1. The van der Waals surface area contributed by atoms with E-state index in [2.05, 4.69) is 16.0 Å². The fraction of sp³-hybridized carbons (Fsp3) is 0.812. The van der Waals surface area contributed by atoms with Gasteiger partial charge in [0.1, 0.15) is 12.1 Å². The molecule has 0 aromatic rings. The van der Waals surface area contributed by atoms with Gasteiger partial charge in [-0.2, -0.15) is 0 Å². The number of carbonyl (C=O) groups is 3. The summed E-state index contributed by atoms with van der Waals surface area (Å²) in [7, 11) is 0. The van der Waals surface area contributed by atoms with Crippen molar-refractivity contribution in [1.82, 2.24) is 16.0 Å². The van der Waals surface area contributed by atoms with Crippen LogP contribution in [0.4, 0.5) is 0 Å². The van der Waals surface area contributed by atoms with E-state index in [9.17, 15) is 24.6 Å². The summed E-state index contributed by atoms with van der Waals surface area (Å²) < 4.78 is 0. The molecule has 8 nitrogen and oxygen atoms in total. The molecule has 0 saturated heterocycles. The minimum atomic E-state index is -1.11. The zero-order valence-corrected chi connectivity index (χ0v) is 15.4. The topological polar surface area (TPSA) is 128 Å². The van der Waals surface area contributed by atoms with Crippen molar-refractivity contribution in [2.24, 2.45) is 5.41 Å². The van der Waals surface area contributed by atoms with Gasteiger partial charge in [-0.25, -0.2) is 0 Å². The molecule has 5 N–H and O–H groups in total. The lowest BCUT2D eigenvalue weighted by Gasteiger charge is -2.27. The van der Waals surface area contributed by atoms with Crippen molar-refractivity contribution in [3.8, 4) is 0 Å². The Labute approximate surface area is 143 Å². The normalized spacial score (nSPS) is 14.6. The number of nitrogens with one attached hydrogen (secondary N) is 3. The number of aliphatic carboxylic acids is 1. The molecule has 0 aliphatic rings. The molecule has 0 radical (unpaired) electrons. The second-order valence-electron chi connectivity index (χ2n) is 8.07. The Morgan fingerprint density at radius 2 is 1.54 bits per heavy atom. The maximum absolute atomic E-state index is 12.1. The number of aliphatic hydroxyl groups excluding tert-OH is 1. The zero-order valence-electron chi connectivity index (χ0n) is 15.4. The lowest BCUT2D eigenvalue weighted by Crippen LogP contribution is -2.56. The minimum Gasteiger partial charge on any atom is -0.480 e. The van der Waals surface area contributed by atoms with Crippen LogP contribution in [0.15, 0.2) is 0 Å². The summed E-state index contributed by atoms with van der Waals surface area (Å²) in [5, 5.41) is 26.3. The van der Waals surface area contributed by atoms with E-state index in [0.717, 1.165) is 0 Å². The third-order valence-electron chi connectivity index (χ3n) is 2.91. The molecule has 0 rings (SSSR count). The molecule has 0 fully saturated rings. The summed E-state index contributed by atoms with van der Waals surface area (Å²) in [6.45, 7) is 10.4. The van der Waals surface area contributed by atoms with E-state index in [1.54, 1.807) is 0 Å². The molecule has 2 atom stereocenters. The van der Waals surface area contributed by atoms with Crippen LogP contribution in [0, 0.1) is 5.41 Å². The van der Waals surface area contributed by atoms with Crippen molar-refractivity contribution in [2.45, 2.75) is 65.6 Å². The molecule has 2 amide bonds. The molecule has 0 aromatic carbocycles. The highest BCUT2D eigenvalue weighted by Gasteiger charge is 2.27. The number of rotatable bonds is 8. The van der Waals surface area contributed by atoms with Gasteiger partial charge < -0.3 is 20.8 Å². The van der Waals surface area contributed by atoms with Crippen LogP contribution in [-0.2, 0) is 14.4 Å². The van der Waals surface area contributed by atoms with Gasteiger partial charge >= 0.3 is 5.97 Å². The summed E-state index contributed by atoms with van der Waals surface area (Å²) in [5.74, 6) is -2.07. The van der Waals surface area contributed by atoms with Gasteiger partial charge in [0.25, 0.3) is 0 Å². The van der Waals surface area contributed by atoms with Crippen molar-refractivity contribution in [3.63, 3.8) is 0 Å². The van der Waals surface area contributed by atoms with Gasteiger partial charge in [-0.15, -0.1) is 0 Å². The molecule has 0 aliphatic carbocycles. The van der Waals surface area contributed by atoms with Crippen molar-refractivity contribution in [3.05, 3.63) is 0 Å². The van der Waals surface area contributed by atoms with Gasteiger partial charge in [0, 0.05) is 18.5 Å². The highest BCUT2D eigenvalue weighted by molar-refractivity contribution is 5.88. The predicted octanol–water partition coefficient (Wildman–Crippen LogP) is -0.143. The molecular formula is C16H31N3O5. The Bertz CT molecular complexity index is 452. The summed E-state index contributed by atoms with van der Waals surface area (Å²) >= 11 is 0. The van der Waals surface area contributed by atoms with E-state index in [4.69, 9.17) is 0 Å². The van der Waals surface area contributed by atoms with E-state index in [1.807, 2.05) is 41.5 Å². The maximum Gasteiger partial charge on any atom is 0.322 e. The van der Waals surface area contributed by atoms with Gasteiger partial charge in [-0.3, -0.25) is 19.7 Å². The Hall–Kier alpha value is -1.67. The summed E-state index contributed by atoms with van der Waals surface area (Å²) in [6, 6.07) is -2.08. The Kier molecular flexibility index (Phi) is 8.36. The van der Waals surface area contributed by atoms with E-state index < -0.39 is 36.1 Å². The number of carbonyl (C=O) groups excluding carboxylic acids is 2. The Morgan fingerprint density at radius 3 is 1.92 bits per heavy atom. The van der Waals surface area contributed by atoms with Crippen LogP contribution >= 0.6 is 0 Å². The number of carboxylic acid groups (broad SMARTS) is 1. The molecule has 140 valence electrons. The predicted molar refractivity (Wildman–Crippen MR) is 90.4 cm³/mol. The molecule has 24 heavy (non-hydrogen) atoms. The molecule has 0 saturated carbocycles.